The normalized spacial score (nSPS) is 13.0. The van der Waals surface area contributed by atoms with Crippen molar-refractivity contribution in [2.75, 3.05) is 13.2 Å². The van der Waals surface area contributed by atoms with E-state index in [9.17, 15) is 19.8 Å². The second kappa shape index (κ2) is 7.22. The average Bonchev–Trinajstić information content (AvgIpc) is 2.39. The molecule has 0 atom stereocenters. The van der Waals surface area contributed by atoms with E-state index in [4.69, 9.17) is 0 Å². The second-order valence-corrected chi connectivity index (χ2v) is 6.78. The van der Waals surface area contributed by atoms with Crippen molar-refractivity contribution in [3.05, 3.63) is 0 Å². The fourth-order valence-corrected chi connectivity index (χ4v) is 1.93. The number of rotatable bonds is 8. The molecule has 0 rings (SSSR count). The maximum atomic E-state index is 12.6. The second-order valence-electron chi connectivity index (χ2n) is 6.78. The van der Waals surface area contributed by atoms with E-state index in [0.717, 1.165) is 0 Å². The number of carbonyl (C=O) groups is 2. The maximum Gasteiger partial charge on any atom is 0.236 e. The summed E-state index contributed by atoms with van der Waals surface area (Å²) in [6.07, 6.45) is 0.675. The van der Waals surface area contributed by atoms with Crippen LogP contribution in [0.15, 0.2) is 0 Å². The summed E-state index contributed by atoms with van der Waals surface area (Å²) >= 11 is 0. The number of aliphatic hydroxyl groups is 2. The van der Waals surface area contributed by atoms with Crippen molar-refractivity contribution >= 4 is 11.8 Å². The molecule has 0 unspecified atom stereocenters. The van der Waals surface area contributed by atoms with Crippen LogP contribution in [0.5, 0.6) is 0 Å². The number of carbonyl (C=O) groups excluding carboxylic acids is 2. The zero-order valence-corrected chi connectivity index (χ0v) is 14.0. The van der Waals surface area contributed by atoms with Crippen LogP contribution in [0.2, 0.25) is 0 Å². The Morgan fingerprint density at radius 3 is 1.29 bits per heavy atom. The first-order chi connectivity index (χ1) is 9.50. The number of hydrogen-bond acceptors (Lipinski definition) is 4. The minimum Gasteiger partial charge on any atom is -0.394 e. The lowest BCUT2D eigenvalue weighted by Crippen LogP contribution is -2.60. The van der Waals surface area contributed by atoms with Gasteiger partial charge >= 0.3 is 0 Å². The van der Waals surface area contributed by atoms with Gasteiger partial charge in [-0.1, -0.05) is 13.8 Å². The van der Waals surface area contributed by atoms with Crippen molar-refractivity contribution in [2.45, 2.75) is 65.5 Å². The Morgan fingerprint density at radius 2 is 1.10 bits per heavy atom. The van der Waals surface area contributed by atoms with E-state index in [1.807, 2.05) is 0 Å². The van der Waals surface area contributed by atoms with Crippen LogP contribution in [0.3, 0.4) is 0 Å². The number of nitrogens with one attached hydrogen (secondary N) is 2. The van der Waals surface area contributed by atoms with E-state index >= 15 is 0 Å². The van der Waals surface area contributed by atoms with E-state index in [1.165, 1.54) is 0 Å². The van der Waals surface area contributed by atoms with Crippen LogP contribution < -0.4 is 10.6 Å². The van der Waals surface area contributed by atoms with Crippen LogP contribution in [0.1, 0.15) is 54.4 Å². The van der Waals surface area contributed by atoms with Gasteiger partial charge in [-0.2, -0.15) is 0 Å². The summed E-state index contributed by atoms with van der Waals surface area (Å²) in [7, 11) is 0. The Balaban J connectivity index is 5.34. The minimum absolute atomic E-state index is 0.216. The van der Waals surface area contributed by atoms with Crippen LogP contribution >= 0.6 is 0 Å². The molecule has 0 aliphatic rings. The van der Waals surface area contributed by atoms with E-state index in [2.05, 4.69) is 10.6 Å². The summed E-state index contributed by atoms with van der Waals surface area (Å²) < 4.78 is 0. The molecular formula is C15H30N2O4. The van der Waals surface area contributed by atoms with Gasteiger partial charge in [-0.25, -0.2) is 0 Å². The topological polar surface area (TPSA) is 98.7 Å². The number of hydrogen-bond donors (Lipinski definition) is 4. The van der Waals surface area contributed by atoms with Gasteiger partial charge in [-0.15, -0.1) is 0 Å². The number of aliphatic hydroxyl groups excluding tert-OH is 2. The van der Waals surface area contributed by atoms with Crippen LogP contribution in [-0.4, -0.2) is 46.3 Å². The molecule has 124 valence electrons. The monoisotopic (exact) mass is 302 g/mol. The van der Waals surface area contributed by atoms with Crippen LogP contribution in [0.25, 0.3) is 0 Å². The quantitative estimate of drug-likeness (QED) is 0.493. The van der Waals surface area contributed by atoms with E-state index < -0.39 is 28.3 Å². The third kappa shape index (κ3) is 4.97. The van der Waals surface area contributed by atoms with E-state index in [0.29, 0.717) is 12.8 Å². The molecule has 0 bridgehead atoms. The van der Waals surface area contributed by atoms with Crippen molar-refractivity contribution in [3.8, 4) is 0 Å². The smallest absolute Gasteiger partial charge is 0.236 e. The number of amides is 2. The highest BCUT2D eigenvalue weighted by molar-refractivity contribution is 6.05. The average molecular weight is 302 g/mol. The fourth-order valence-electron chi connectivity index (χ4n) is 1.93. The third-order valence-electron chi connectivity index (χ3n) is 3.77. The lowest BCUT2D eigenvalue weighted by atomic mass is 9.79. The molecule has 0 heterocycles. The molecule has 0 aliphatic heterocycles. The Bertz CT molecular complexity index is 342. The highest BCUT2D eigenvalue weighted by atomic mass is 16.3. The van der Waals surface area contributed by atoms with Gasteiger partial charge in [0.25, 0.3) is 0 Å². The Morgan fingerprint density at radius 1 is 0.810 bits per heavy atom. The molecule has 0 saturated carbocycles. The van der Waals surface area contributed by atoms with Gasteiger partial charge in [0.2, 0.25) is 11.8 Å². The van der Waals surface area contributed by atoms with Gasteiger partial charge in [0.15, 0.2) is 0 Å². The molecule has 6 nitrogen and oxygen atoms in total. The molecule has 0 aromatic heterocycles. The summed E-state index contributed by atoms with van der Waals surface area (Å²) in [5.74, 6) is -0.810. The van der Waals surface area contributed by atoms with Crippen molar-refractivity contribution in [2.24, 2.45) is 5.41 Å². The molecule has 0 aromatic carbocycles. The molecular weight excluding hydrogens is 272 g/mol. The SMILES string of the molecule is CCC(CC)(C(=O)NC(C)(C)CO)C(=O)NC(C)(C)CO. The van der Waals surface area contributed by atoms with Crippen molar-refractivity contribution < 1.29 is 19.8 Å². The zero-order valence-electron chi connectivity index (χ0n) is 14.0. The molecule has 0 aliphatic carbocycles. The zero-order chi connectivity index (χ0) is 16.9. The highest BCUT2D eigenvalue weighted by Crippen LogP contribution is 2.29. The molecule has 0 saturated heterocycles. The first kappa shape index (κ1) is 19.9. The minimum atomic E-state index is -1.21. The van der Waals surface area contributed by atoms with Gasteiger partial charge in [0.1, 0.15) is 5.41 Å². The molecule has 6 heteroatoms. The lowest BCUT2D eigenvalue weighted by Gasteiger charge is -2.36. The summed E-state index contributed by atoms with van der Waals surface area (Å²) in [6.45, 7) is 9.89. The van der Waals surface area contributed by atoms with E-state index in [-0.39, 0.29) is 13.2 Å². The van der Waals surface area contributed by atoms with Crippen LogP contribution in [0, 0.1) is 5.41 Å². The molecule has 21 heavy (non-hydrogen) atoms. The van der Waals surface area contributed by atoms with Crippen molar-refractivity contribution in [1.82, 2.24) is 10.6 Å². The fraction of sp³-hybridized carbons (Fsp3) is 0.867. The van der Waals surface area contributed by atoms with Gasteiger partial charge in [0.05, 0.1) is 24.3 Å². The standard InChI is InChI=1S/C15H30N2O4/c1-7-15(8-2,11(20)16-13(3,4)9-18)12(21)17-14(5,6)10-19/h18-19H,7-10H2,1-6H3,(H,16,20)(H,17,21). The highest BCUT2D eigenvalue weighted by Gasteiger charge is 2.45. The summed E-state index contributed by atoms with van der Waals surface area (Å²) in [4.78, 5) is 25.1. The summed E-state index contributed by atoms with van der Waals surface area (Å²) in [5, 5.41) is 24.0. The lowest BCUT2D eigenvalue weighted by molar-refractivity contribution is -0.146. The summed E-state index contributed by atoms with van der Waals surface area (Å²) in [6, 6.07) is 0. The predicted molar refractivity (Wildman–Crippen MR) is 81.6 cm³/mol. The van der Waals surface area contributed by atoms with E-state index in [1.54, 1.807) is 41.5 Å². The maximum absolute atomic E-state index is 12.6. The molecule has 0 spiro atoms. The van der Waals surface area contributed by atoms with Gasteiger partial charge in [-0.05, 0) is 40.5 Å². The Kier molecular flexibility index (Phi) is 6.83. The van der Waals surface area contributed by atoms with Crippen LogP contribution in [0.4, 0.5) is 0 Å². The van der Waals surface area contributed by atoms with Gasteiger partial charge in [-0.3, -0.25) is 9.59 Å². The Labute approximate surface area is 127 Å². The largest absolute Gasteiger partial charge is 0.394 e. The molecule has 0 fully saturated rings. The Hall–Kier alpha value is -1.14. The first-order valence-corrected chi connectivity index (χ1v) is 7.37. The molecule has 0 radical (unpaired) electrons. The third-order valence-corrected chi connectivity index (χ3v) is 3.77. The summed E-state index contributed by atoms with van der Waals surface area (Å²) in [5.41, 5.74) is -2.79. The van der Waals surface area contributed by atoms with Gasteiger partial charge in [0, 0.05) is 0 Å². The van der Waals surface area contributed by atoms with Crippen molar-refractivity contribution in [1.29, 1.82) is 0 Å². The molecule has 4 N–H and O–H groups in total. The van der Waals surface area contributed by atoms with Crippen molar-refractivity contribution in [3.63, 3.8) is 0 Å². The van der Waals surface area contributed by atoms with Crippen LogP contribution in [-0.2, 0) is 9.59 Å². The molecule has 2 amide bonds. The predicted octanol–water partition coefficient (Wildman–Crippen LogP) is 0.567. The first-order valence-electron chi connectivity index (χ1n) is 7.37. The molecule has 0 aromatic rings. The van der Waals surface area contributed by atoms with Gasteiger partial charge < -0.3 is 20.8 Å².